The Bertz CT molecular complexity index is 1970. The minimum Gasteiger partial charge on any atom is -0.478 e. The summed E-state index contributed by atoms with van der Waals surface area (Å²) >= 11 is 0. The van der Waals surface area contributed by atoms with Crippen molar-refractivity contribution >= 4 is 47.6 Å². The fourth-order valence-corrected chi connectivity index (χ4v) is 7.79. The molecule has 67 heavy (non-hydrogen) atoms. The van der Waals surface area contributed by atoms with Gasteiger partial charge in [-0.3, -0.25) is 19.2 Å². The van der Waals surface area contributed by atoms with E-state index < -0.39 is 96.2 Å². The minimum absolute atomic E-state index is 0.0876. The summed E-state index contributed by atoms with van der Waals surface area (Å²) in [4.78, 5) is 112. The van der Waals surface area contributed by atoms with Crippen molar-refractivity contribution in [3.8, 4) is 0 Å². The third kappa shape index (κ3) is 17.1. The molecule has 0 aromatic heterocycles. The molecule has 8 atom stereocenters. The molecule has 17 heteroatoms. The first-order valence-corrected chi connectivity index (χ1v) is 23.2. The molecule has 370 valence electrons. The van der Waals surface area contributed by atoms with Crippen molar-refractivity contribution in [3.63, 3.8) is 0 Å². The maximum Gasteiger partial charge on any atom is 0.345 e. The number of hydrogen-bond donors (Lipinski definition) is 2. The third-order valence-corrected chi connectivity index (χ3v) is 11.6. The van der Waals surface area contributed by atoms with Crippen LogP contribution in [0.15, 0.2) is 60.7 Å². The Morgan fingerprint density at radius 1 is 0.552 bits per heavy atom. The van der Waals surface area contributed by atoms with E-state index in [0.29, 0.717) is 24.1 Å². The van der Waals surface area contributed by atoms with E-state index >= 15 is 0 Å². The second-order valence-corrected chi connectivity index (χ2v) is 18.7. The topological polar surface area (TPSA) is 215 Å². The molecular weight excluding hydrogens is 865 g/mol. The van der Waals surface area contributed by atoms with Gasteiger partial charge < -0.3 is 44.1 Å². The monoisotopic (exact) mass is 937 g/mol. The molecule has 0 saturated carbocycles. The van der Waals surface area contributed by atoms with E-state index in [9.17, 15) is 43.5 Å². The molecule has 17 nitrogen and oxygen atoms in total. The van der Waals surface area contributed by atoms with Gasteiger partial charge in [-0.2, -0.15) is 0 Å². The number of esters is 4. The van der Waals surface area contributed by atoms with Crippen molar-refractivity contribution in [1.82, 2.24) is 20.0 Å². The Morgan fingerprint density at radius 3 is 1.31 bits per heavy atom. The lowest BCUT2D eigenvalue weighted by atomic mass is 10.00. The molecule has 1 aliphatic rings. The zero-order valence-corrected chi connectivity index (χ0v) is 41.0. The number of likely N-dealkylation sites (N-methyl/N-ethyl adjacent to an activating group) is 3. The highest BCUT2D eigenvalue weighted by Gasteiger charge is 2.41. The number of carbonyl (C=O) groups is 8. The number of carboxylic acids is 1. The average molecular weight is 937 g/mol. The Balaban J connectivity index is 1.85. The second kappa shape index (κ2) is 26.5. The highest BCUT2D eigenvalue weighted by molar-refractivity contribution is 5.93. The molecule has 1 fully saturated rings. The molecule has 2 aromatic rings. The summed E-state index contributed by atoms with van der Waals surface area (Å²) in [5.41, 5.74) is 1.28. The number of nitrogens with zero attached hydrogens (tertiary/aromatic N) is 3. The summed E-state index contributed by atoms with van der Waals surface area (Å²) in [7, 11) is 4.13. The van der Waals surface area contributed by atoms with E-state index in [1.165, 1.54) is 39.9 Å². The number of rotatable bonds is 25. The standard InChI is InChI=1S/C50H72N4O13/c1-30(2)25-38(48(61)65-34(8)44(56)53(10)40(27-32(5)6)50(63)67-42(46(58)59)29-36-21-16-13-17-22-36)54(11)45(57)41(28-35-19-14-12-15-20-35)66-49(62)39(26-31(3)4)52(9)43(55)33(7)64-47(60)37-23-18-24-51-37/h12-17,19-22,30-34,37-42,51H,18,23-29H2,1-11H3,(H,58,59)/t33-,34-,37+,38+,39+,40+,41-,42-/m1/s1. The van der Waals surface area contributed by atoms with Crippen LogP contribution >= 0.6 is 0 Å². The fraction of sp³-hybridized carbons (Fsp3) is 0.600. The van der Waals surface area contributed by atoms with Crippen LogP contribution < -0.4 is 5.32 Å². The van der Waals surface area contributed by atoms with Crippen LogP contribution in [0.2, 0.25) is 0 Å². The minimum atomic E-state index is -1.53. The molecule has 3 amide bonds. The maximum absolute atomic E-state index is 14.6. The van der Waals surface area contributed by atoms with Gasteiger partial charge in [0.1, 0.15) is 24.2 Å². The first kappa shape index (κ1) is 55.5. The summed E-state index contributed by atoms with van der Waals surface area (Å²) < 4.78 is 22.7. The fourth-order valence-electron chi connectivity index (χ4n) is 7.79. The number of ether oxygens (including phenoxy) is 4. The van der Waals surface area contributed by atoms with Crippen LogP contribution in [-0.2, 0) is 70.1 Å². The lowest BCUT2D eigenvalue weighted by Gasteiger charge is -2.34. The van der Waals surface area contributed by atoms with E-state index in [0.717, 1.165) is 16.2 Å². The smallest absolute Gasteiger partial charge is 0.345 e. The summed E-state index contributed by atoms with van der Waals surface area (Å²) in [6.07, 6.45) is -4.13. The second-order valence-electron chi connectivity index (χ2n) is 18.7. The highest BCUT2D eigenvalue weighted by atomic mass is 16.6. The van der Waals surface area contributed by atoms with Gasteiger partial charge >= 0.3 is 29.8 Å². The summed E-state index contributed by atoms with van der Waals surface area (Å²) in [5.74, 6) is -7.23. The Morgan fingerprint density at radius 2 is 0.925 bits per heavy atom. The van der Waals surface area contributed by atoms with Crippen molar-refractivity contribution in [2.24, 2.45) is 17.8 Å². The number of amides is 3. The number of hydrogen-bond acceptors (Lipinski definition) is 13. The number of benzene rings is 2. The van der Waals surface area contributed by atoms with Gasteiger partial charge in [0.15, 0.2) is 18.3 Å². The van der Waals surface area contributed by atoms with Crippen LogP contribution in [0.1, 0.15) is 98.6 Å². The number of aliphatic carboxylic acids is 1. The van der Waals surface area contributed by atoms with E-state index in [1.807, 2.05) is 41.5 Å². The maximum atomic E-state index is 14.6. The largest absolute Gasteiger partial charge is 0.478 e. The normalized spacial score (nSPS) is 16.7. The van der Waals surface area contributed by atoms with Gasteiger partial charge in [0.25, 0.3) is 17.7 Å². The average Bonchev–Trinajstić information content (AvgIpc) is 3.83. The first-order valence-electron chi connectivity index (χ1n) is 23.2. The predicted molar refractivity (Wildman–Crippen MR) is 248 cm³/mol. The predicted octanol–water partition coefficient (Wildman–Crippen LogP) is 4.61. The van der Waals surface area contributed by atoms with E-state index in [2.05, 4.69) is 5.32 Å². The van der Waals surface area contributed by atoms with Gasteiger partial charge in [-0.05, 0) is 81.4 Å². The molecule has 0 spiro atoms. The molecule has 1 heterocycles. The van der Waals surface area contributed by atoms with Crippen molar-refractivity contribution in [3.05, 3.63) is 71.8 Å². The van der Waals surface area contributed by atoms with Crippen LogP contribution in [-0.4, -0.2) is 144 Å². The van der Waals surface area contributed by atoms with Crippen LogP contribution in [0.5, 0.6) is 0 Å². The van der Waals surface area contributed by atoms with Crippen LogP contribution in [0.4, 0.5) is 0 Å². The summed E-state index contributed by atoms with van der Waals surface area (Å²) in [6.45, 7) is 14.5. The lowest BCUT2D eigenvalue weighted by molar-refractivity contribution is -0.174. The molecule has 3 rings (SSSR count). The Kier molecular flexibility index (Phi) is 21.9. The Hall–Kier alpha value is -5.84. The summed E-state index contributed by atoms with van der Waals surface area (Å²) in [5, 5.41) is 12.9. The van der Waals surface area contributed by atoms with Crippen molar-refractivity contribution < 1.29 is 62.4 Å². The van der Waals surface area contributed by atoms with Crippen molar-refractivity contribution in [1.29, 1.82) is 0 Å². The molecule has 0 unspecified atom stereocenters. The van der Waals surface area contributed by atoms with Crippen LogP contribution in [0, 0.1) is 17.8 Å². The van der Waals surface area contributed by atoms with Crippen LogP contribution in [0.3, 0.4) is 0 Å². The Labute approximate surface area is 395 Å². The molecular formula is C50H72N4O13. The highest BCUT2D eigenvalue weighted by Crippen LogP contribution is 2.22. The molecule has 1 aliphatic heterocycles. The van der Waals surface area contributed by atoms with Gasteiger partial charge in [0.05, 0.1) is 0 Å². The van der Waals surface area contributed by atoms with Crippen LogP contribution in [0.25, 0.3) is 0 Å². The zero-order valence-electron chi connectivity index (χ0n) is 41.0. The molecule has 2 aromatic carbocycles. The van der Waals surface area contributed by atoms with E-state index in [-0.39, 0.29) is 49.9 Å². The SMILES string of the molecule is CC(C)C[C@@H](C(=O)O[C@H](Cc1ccccc1)C(=O)N(C)[C@@H](CC(C)C)C(=O)O[C@H](C)C(=O)N(C)[C@@H](CC(C)C)C(=O)O[C@H](Cc1ccccc1)C(=O)O)N(C)C(=O)[C@@H](C)OC(=O)[C@@H]1CCCN1. The zero-order chi connectivity index (χ0) is 50.1. The van der Waals surface area contributed by atoms with Gasteiger partial charge in [-0.1, -0.05) is 102 Å². The summed E-state index contributed by atoms with van der Waals surface area (Å²) in [6, 6.07) is 13.3. The molecule has 0 aliphatic carbocycles. The van der Waals surface area contributed by atoms with Crippen molar-refractivity contribution in [2.45, 2.75) is 149 Å². The van der Waals surface area contributed by atoms with Gasteiger partial charge in [0, 0.05) is 34.0 Å². The molecule has 0 radical (unpaired) electrons. The third-order valence-electron chi connectivity index (χ3n) is 11.6. The molecule has 2 N–H and O–H groups in total. The first-order chi connectivity index (χ1) is 31.5. The van der Waals surface area contributed by atoms with E-state index in [1.54, 1.807) is 60.7 Å². The number of carbonyl (C=O) groups excluding carboxylic acids is 7. The quantitative estimate of drug-likeness (QED) is 0.103. The van der Waals surface area contributed by atoms with Gasteiger partial charge in [-0.25, -0.2) is 19.2 Å². The molecule has 0 bridgehead atoms. The molecule has 1 saturated heterocycles. The number of nitrogens with one attached hydrogen (secondary N) is 1. The van der Waals surface area contributed by atoms with Gasteiger partial charge in [-0.15, -0.1) is 0 Å². The number of carboxylic acid groups (broad SMARTS) is 1. The van der Waals surface area contributed by atoms with Gasteiger partial charge in [0.2, 0.25) is 6.10 Å². The van der Waals surface area contributed by atoms with E-state index in [4.69, 9.17) is 18.9 Å². The van der Waals surface area contributed by atoms with Crippen molar-refractivity contribution in [2.75, 3.05) is 27.7 Å². The lowest BCUT2D eigenvalue weighted by Crippen LogP contribution is -2.53.